The summed E-state index contributed by atoms with van der Waals surface area (Å²) in [5.74, 6) is 0.898. The molecule has 1 aliphatic heterocycles. The van der Waals surface area contributed by atoms with Gasteiger partial charge < -0.3 is 25.7 Å². The maximum absolute atomic E-state index is 7.83. The molecule has 3 N–H and O–H groups in total. The second kappa shape index (κ2) is 9.21. The molecule has 0 amide bonds. The summed E-state index contributed by atoms with van der Waals surface area (Å²) in [6.45, 7) is 8.63. The Bertz CT molecular complexity index is 954. The average Bonchev–Trinajstić information content (AvgIpc) is 3.42. The summed E-state index contributed by atoms with van der Waals surface area (Å²) in [4.78, 5) is 11.7. The first-order valence-corrected chi connectivity index (χ1v) is 11.3. The molecule has 2 aliphatic rings. The van der Waals surface area contributed by atoms with Crippen LogP contribution in [0.25, 0.3) is 5.65 Å². The molecule has 0 atom stereocenters. The molecule has 168 valence electrons. The number of aromatic nitrogens is 4. The van der Waals surface area contributed by atoms with Crippen LogP contribution in [0.5, 0.6) is 6.01 Å². The van der Waals surface area contributed by atoms with Crippen LogP contribution < -0.4 is 15.4 Å². The van der Waals surface area contributed by atoms with Gasteiger partial charge in [0.1, 0.15) is 6.10 Å². The van der Waals surface area contributed by atoms with Crippen molar-refractivity contribution in [3.63, 3.8) is 0 Å². The average molecular weight is 427 g/mol. The molecule has 0 spiro atoms. The maximum Gasteiger partial charge on any atom is 0.322 e. The van der Waals surface area contributed by atoms with E-state index in [4.69, 9.17) is 15.1 Å². The smallest absolute Gasteiger partial charge is 0.322 e. The van der Waals surface area contributed by atoms with E-state index >= 15 is 0 Å². The van der Waals surface area contributed by atoms with Gasteiger partial charge in [0, 0.05) is 36.1 Å². The van der Waals surface area contributed by atoms with Crippen molar-refractivity contribution in [3.05, 3.63) is 23.5 Å². The van der Waals surface area contributed by atoms with Crippen molar-refractivity contribution in [3.8, 4) is 6.01 Å². The zero-order valence-electron chi connectivity index (χ0n) is 19.0. The van der Waals surface area contributed by atoms with Gasteiger partial charge in [0.2, 0.25) is 5.95 Å². The number of ether oxygens (including phenoxy) is 1. The van der Waals surface area contributed by atoms with E-state index in [9.17, 15) is 0 Å². The number of anilines is 1. The van der Waals surface area contributed by atoms with Crippen molar-refractivity contribution in [1.82, 2.24) is 29.8 Å². The van der Waals surface area contributed by atoms with Crippen LogP contribution >= 0.6 is 0 Å². The monoisotopic (exact) mass is 426 g/mol. The van der Waals surface area contributed by atoms with E-state index in [1.165, 1.54) is 12.8 Å². The van der Waals surface area contributed by atoms with Gasteiger partial charge in [-0.1, -0.05) is 13.8 Å². The molecule has 2 aromatic rings. The minimum absolute atomic E-state index is 0.129. The zero-order chi connectivity index (χ0) is 22.0. The van der Waals surface area contributed by atoms with Gasteiger partial charge in [-0.15, -0.1) is 0 Å². The van der Waals surface area contributed by atoms with Crippen molar-refractivity contribution in [2.75, 3.05) is 32.0 Å². The third-order valence-corrected chi connectivity index (χ3v) is 5.73. The van der Waals surface area contributed by atoms with Gasteiger partial charge in [-0.25, -0.2) is 0 Å². The molecule has 9 nitrogen and oxygen atoms in total. The molecule has 0 radical (unpaired) electrons. The van der Waals surface area contributed by atoms with Crippen molar-refractivity contribution in [2.24, 2.45) is 0 Å². The largest absolute Gasteiger partial charge is 0.460 e. The number of nitrogens with zero attached hydrogens (tertiary/aromatic N) is 5. The van der Waals surface area contributed by atoms with E-state index in [-0.39, 0.29) is 6.10 Å². The first-order chi connectivity index (χ1) is 14.9. The van der Waals surface area contributed by atoms with Gasteiger partial charge in [0.05, 0.1) is 12.7 Å². The standard InChI is InChI=1S/C22H34N8O/c1-14(2)19-13-25-30-20(19)27-22(31-18-7-9-29(4)10-8-18)28-21(30)24-12-17(11-15(3)23)26-16-5-6-16/h11,13-14,16,18,23,26H,5-10,12H2,1-4H3,(H,24,27,28)/b17-11-,23-15?. The van der Waals surface area contributed by atoms with E-state index < -0.39 is 0 Å². The maximum atomic E-state index is 7.83. The van der Waals surface area contributed by atoms with E-state index in [1.54, 1.807) is 11.4 Å². The number of piperidine rings is 1. The van der Waals surface area contributed by atoms with Crippen molar-refractivity contribution in [1.29, 1.82) is 5.41 Å². The molecule has 31 heavy (non-hydrogen) atoms. The lowest BCUT2D eigenvalue weighted by Crippen LogP contribution is -2.36. The molecular weight excluding hydrogens is 392 g/mol. The summed E-state index contributed by atoms with van der Waals surface area (Å²) in [7, 11) is 2.14. The number of hydrogen-bond acceptors (Lipinski definition) is 8. The fourth-order valence-electron chi connectivity index (χ4n) is 3.77. The molecule has 1 saturated carbocycles. The van der Waals surface area contributed by atoms with E-state index in [0.717, 1.165) is 42.8 Å². The lowest BCUT2D eigenvalue weighted by atomic mass is 10.1. The van der Waals surface area contributed by atoms with Crippen LogP contribution in [-0.4, -0.2) is 69.0 Å². The van der Waals surface area contributed by atoms with Gasteiger partial charge in [-0.2, -0.15) is 19.6 Å². The lowest BCUT2D eigenvalue weighted by Gasteiger charge is -2.28. The van der Waals surface area contributed by atoms with Crippen LogP contribution in [0.4, 0.5) is 5.95 Å². The Hall–Kier alpha value is -2.68. The summed E-state index contributed by atoms with van der Waals surface area (Å²) in [6, 6.07) is 0.911. The zero-order valence-corrected chi connectivity index (χ0v) is 19.0. The topological polar surface area (TPSA) is 103 Å². The molecule has 9 heteroatoms. The van der Waals surface area contributed by atoms with Crippen LogP contribution in [0.2, 0.25) is 0 Å². The highest BCUT2D eigenvalue weighted by Crippen LogP contribution is 2.25. The summed E-state index contributed by atoms with van der Waals surface area (Å²) < 4.78 is 7.96. The Morgan fingerprint density at radius 3 is 2.65 bits per heavy atom. The molecule has 2 aromatic heterocycles. The first-order valence-electron chi connectivity index (χ1n) is 11.3. The van der Waals surface area contributed by atoms with Gasteiger partial charge in [0.15, 0.2) is 5.65 Å². The number of hydrogen-bond donors (Lipinski definition) is 3. The van der Waals surface area contributed by atoms with Crippen LogP contribution in [0.1, 0.15) is 57.9 Å². The fourth-order valence-corrected chi connectivity index (χ4v) is 3.77. The van der Waals surface area contributed by atoms with E-state index in [2.05, 4.69) is 46.5 Å². The van der Waals surface area contributed by atoms with Crippen molar-refractivity contribution < 1.29 is 4.74 Å². The fraction of sp³-hybridized carbons (Fsp3) is 0.636. The highest BCUT2D eigenvalue weighted by Gasteiger charge is 2.23. The second-order valence-corrected chi connectivity index (χ2v) is 9.07. The predicted molar refractivity (Wildman–Crippen MR) is 122 cm³/mol. The number of allylic oxidation sites excluding steroid dienone is 1. The SMILES string of the molecule is CC(=N)/C=C(/CNc1nc(OC2CCN(C)CC2)nc2c(C(C)C)cnn12)NC1CC1. The Balaban J connectivity index is 1.58. The minimum atomic E-state index is 0.129. The van der Waals surface area contributed by atoms with Crippen LogP contribution in [0.15, 0.2) is 18.0 Å². The summed E-state index contributed by atoms with van der Waals surface area (Å²) in [5.41, 5.74) is 3.35. The molecule has 0 bridgehead atoms. The highest BCUT2D eigenvalue weighted by molar-refractivity contribution is 5.90. The Morgan fingerprint density at radius 2 is 2.00 bits per heavy atom. The van der Waals surface area contributed by atoms with Crippen LogP contribution in [-0.2, 0) is 0 Å². The molecule has 1 aliphatic carbocycles. The Kier molecular flexibility index (Phi) is 6.41. The van der Waals surface area contributed by atoms with Crippen LogP contribution in [0, 0.1) is 5.41 Å². The van der Waals surface area contributed by atoms with E-state index in [1.807, 2.05) is 12.3 Å². The van der Waals surface area contributed by atoms with Crippen molar-refractivity contribution >= 4 is 17.3 Å². The van der Waals surface area contributed by atoms with Crippen LogP contribution in [0.3, 0.4) is 0 Å². The number of nitrogens with one attached hydrogen (secondary N) is 3. The van der Waals surface area contributed by atoms with Crippen molar-refractivity contribution in [2.45, 2.75) is 64.5 Å². The van der Waals surface area contributed by atoms with E-state index in [0.29, 0.717) is 36.2 Å². The second-order valence-electron chi connectivity index (χ2n) is 9.07. The molecule has 0 aromatic carbocycles. The molecule has 0 unspecified atom stereocenters. The van der Waals surface area contributed by atoms with Gasteiger partial charge in [-0.3, -0.25) is 0 Å². The third kappa shape index (κ3) is 5.52. The third-order valence-electron chi connectivity index (χ3n) is 5.73. The normalized spacial score (nSPS) is 18.5. The molecule has 1 saturated heterocycles. The predicted octanol–water partition coefficient (Wildman–Crippen LogP) is 2.81. The summed E-state index contributed by atoms with van der Waals surface area (Å²) >= 11 is 0. The molecular formula is C22H34N8O. The quantitative estimate of drug-likeness (QED) is 0.530. The van der Waals surface area contributed by atoms with Gasteiger partial charge in [-0.05, 0) is 51.6 Å². The minimum Gasteiger partial charge on any atom is -0.460 e. The molecule has 3 heterocycles. The molecule has 2 fully saturated rings. The Morgan fingerprint density at radius 1 is 1.26 bits per heavy atom. The summed E-state index contributed by atoms with van der Waals surface area (Å²) in [6.07, 6.45) is 8.16. The number of fused-ring (bicyclic) bond motifs is 1. The lowest BCUT2D eigenvalue weighted by molar-refractivity contribution is 0.105. The highest BCUT2D eigenvalue weighted by atomic mass is 16.5. The Labute approximate surface area is 183 Å². The first kappa shape index (κ1) is 21.5. The number of likely N-dealkylation sites (tertiary alicyclic amines) is 1. The van der Waals surface area contributed by atoms with Gasteiger partial charge >= 0.3 is 6.01 Å². The number of rotatable bonds is 9. The van der Waals surface area contributed by atoms with Gasteiger partial charge in [0.25, 0.3) is 0 Å². The summed E-state index contributed by atoms with van der Waals surface area (Å²) in [5, 5.41) is 19.3. The molecule has 4 rings (SSSR count).